The van der Waals surface area contributed by atoms with Gasteiger partial charge in [-0.15, -0.1) is 11.3 Å². The van der Waals surface area contributed by atoms with Crippen LogP contribution in [0.3, 0.4) is 0 Å². The Morgan fingerprint density at radius 3 is 2.72 bits per heavy atom. The molecule has 0 atom stereocenters. The van der Waals surface area contributed by atoms with Crippen LogP contribution in [0.25, 0.3) is 20.7 Å². The zero-order valence-electron chi connectivity index (χ0n) is 14.7. The average molecular weight is 354 g/mol. The monoisotopic (exact) mass is 354 g/mol. The quantitative estimate of drug-likeness (QED) is 0.687. The zero-order chi connectivity index (χ0) is 17.8. The number of carbonyl (C=O) groups is 1. The maximum Gasteiger partial charge on any atom is 0.216 e. The van der Waals surface area contributed by atoms with Crippen molar-refractivity contribution in [3.8, 4) is 10.4 Å². The van der Waals surface area contributed by atoms with Gasteiger partial charge in [-0.2, -0.15) is 0 Å². The van der Waals surface area contributed by atoms with Crippen molar-refractivity contribution in [1.29, 1.82) is 0 Å². The van der Waals surface area contributed by atoms with Crippen molar-refractivity contribution < 1.29 is 4.79 Å². The molecule has 0 radical (unpaired) electrons. The summed E-state index contributed by atoms with van der Waals surface area (Å²) in [5.41, 5.74) is 1.20. The molecule has 2 heterocycles. The molecule has 3 aromatic rings. The molecule has 0 saturated carbocycles. The van der Waals surface area contributed by atoms with Gasteiger partial charge >= 0.3 is 0 Å². The van der Waals surface area contributed by atoms with E-state index in [0.717, 1.165) is 34.8 Å². The number of aryl methyl sites for hydroxylation is 1. The fourth-order valence-electron chi connectivity index (χ4n) is 2.73. The molecular formula is C19H22N4OS. The van der Waals surface area contributed by atoms with E-state index >= 15 is 0 Å². The summed E-state index contributed by atoms with van der Waals surface area (Å²) in [6.07, 6.45) is 0.871. The largest absolute Gasteiger partial charge is 0.359 e. The number of aromatic nitrogens is 2. The van der Waals surface area contributed by atoms with Gasteiger partial charge in [-0.3, -0.25) is 4.79 Å². The lowest BCUT2D eigenvalue weighted by Gasteiger charge is -2.19. The molecule has 0 aliphatic carbocycles. The number of anilines is 1. The van der Waals surface area contributed by atoms with Crippen LogP contribution in [-0.2, 0) is 4.79 Å². The second-order valence-electron chi connectivity index (χ2n) is 6.05. The number of hydrogen-bond acceptors (Lipinski definition) is 5. The number of rotatable bonds is 6. The van der Waals surface area contributed by atoms with E-state index < -0.39 is 0 Å². The number of nitrogens with one attached hydrogen (secondary N) is 1. The molecule has 25 heavy (non-hydrogen) atoms. The van der Waals surface area contributed by atoms with Gasteiger partial charge in [0, 0.05) is 31.9 Å². The van der Waals surface area contributed by atoms with Crippen molar-refractivity contribution in [3.63, 3.8) is 0 Å². The summed E-state index contributed by atoms with van der Waals surface area (Å²) in [6, 6.07) is 12.5. The topological polar surface area (TPSA) is 58.1 Å². The molecule has 0 aliphatic rings. The molecular weight excluding hydrogens is 332 g/mol. The van der Waals surface area contributed by atoms with E-state index in [1.54, 1.807) is 11.3 Å². The van der Waals surface area contributed by atoms with Crippen molar-refractivity contribution in [1.82, 2.24) is 15.3 Å². The Kier molecular flexibility index (Phi) is 5.28. The molecule has 2 aromatic heterocycles. The van der Waals surface area contributed by atoms with E-state index in [1.807, 2.05) is 32.2 Å². The van der Waals surface area contributed by atoms with Gasteiger partial charge in [-0.1, -0.05) is 30.3 Å². The molecule has 0 fully saturated rings. The smallest absolute Gasteiger partial charge is 0.216 e. The minimum absolute atomic E-state index is 0.00765. The molecule has 1 N–H and O–H groups in total. The highest BCUT2D eigenvalue weighted by molar-refractivity contribution is 7.21. The summed E-state index contributed by atoms with van der Waals surface area (Å²) in [6.45, 7) is 4.96. The van der Waals surface area contributed by atoms with Crippen LogP contribution in [0.4, 0.5) is 5.82 Å². The van der Waals surface area contributed by atoms with Crippen molar-refractivity contribution in [2.24, 2.45) is 0 Å². The fourth-order valence-corrected chi connectivity index (χ4v) is 3.81. The summed E-state index contributed by atoms with van der Waals surface area (Å²) >= 11 is 1.69. The minimum Gasteiger partial charge on any atom is -0.359 e. The number of fused-ring (bicyclic) bond motifs is 1. The van der Waals surface area contributed by atoms with E-state index in [-0.39, 0.29) is 5.91 Å². The van der Waals surface area contributed by atoms with Crippen LogP contribution in [0, 0.1) is 6.92 Å². The minimum atomic E-state index is 0.00765. The van der Waals surface area contributed by atoms with Crippen LogP contribution >= 0.6 is 11.3 Å². The zero-order valence-corrected chi connectivity index (χ0v) is 15.6. The van der Waals surface area contributed by atoms with Gasteiger partial charge < -0.3 is 10.2 Å². The Morgan fingerprint density at radius 1 is 1.24 bits per heavy atom. The Balaban J connectivity index is 1.87. The summed E-state index contributed by atoms with van der Waals surface area (Å²) in [5.74, 6) is 1.73. The number of benzene rings is 1. The van der Waals surface area contributed by atoms with Gasteiger partial charge in [0.15, 0.2) is 0 Å². The van der Waals surface area contributed by atoms with Gasteiger partial charge in [0.2, 0.25) is 5.91 Å². The first kappa shape index (κ1) is 17.4. The van der Waals surface area contributed by atoms with Crippen LogP contribution in [0.1, 0.15) is 19.2 Å². The first-order valence-electron chi connectivity index (χ1n) is 8.34. The molecule has 0 spiro atoms. The molecule has 0 unspecified atom stereocenters. The lowest BCUT2D eigenvalue weighted by atomic mass is 10.2. The summed E-state index contributed by atoms with van der Waals surface area (Å²) in [5, 5.41) is 3.91. The summed E-state index contributed by atoms with van der Waals surface area (Å²) in [7, 11) is 2.04. The van der Waals surface area contributed by atoms with Crippen molar-refractivity contribution >= 4 is 33.3 Å². The first-order valence-corrected chi connectivity index (χ1v) is 9.15. The maximum atomic E-state index is 11.0. The molecule has 6 heteroatoms. The van der Waals surface area contributed by atoms with Gasteiger partial charge in [0.25, 0.3) is 0 Å². The molecule has 0 saturated heterocycles. The van der Waals surface area contributed by atoms with E-state index in [9.17, 15) is 4.79 Å². The number of hydrogen-bond donors (Lipinski definition) is 1. The lowest BCUT2D eigenvalue weighted by Crippen LogP contribution is -2.27. The number of amides is 1. The molecule has 0 bridgehead atoms. The number of nitrogens with zero attached hydrogens (tertiary/aromatic N) is 3. The second kappa shape index (κ2) is 7.61. The molecule has 5 nitrogen and oxygen atoms in total. The Morgan fingerprint density at radius 2 is 2.00 bits per heavy atom. The van der Waals surface area contributed by atoms with Crippen LogP contribution < -0.4 is 10.2 Å². The van der Waals surface area contributed by atoms with E-state index in [1.165, 1.54) is 17.4 Å². The third-order valence-electron chi connectivity index (χ3n) is 3.95. The van der Waals surface area contributed by atoms with Crippen molar-refractivity contribution in [2.75, 3.05) is 25.0 Å². The molecule has 1 aromatic carbocycles. The predicted octanol–water partition coefficient (Wildman–Crippen LogP) is 3.63. The molecule has 1 amide bonds. The average Bonchev–Trinajstić information content (AvgIpc) is 3.02. The van der Waals surface area contributed by atoms with Crippen LogP contribution in [0.2, 0.25) is 0 Å². The second-order valence-corrected chi connectivity index (χ2v) is 7.08. The SMILES string of the molecule is CC(=O)NCCCN(C)c1nc(C)nc2sc(-c3ccccc3)cc12. The van der Waals surface area contributed by atoms with Crippen LogP contribution in [0.15, 0.2) is 36.4 Å². The normalized spacial score (nSPS) is 10.8. The fraction of sp³-hybridized carbons (Fsp3) is 0.316. The Hall–Kier alpha value is -2.47. The van der Waals surface area contributed by atoms with Crippen molar-refractivity contribution in [2.45, 2.75) is 20.3 Å². The summed E-state index contributed by atoms with van der Waals surface area (Å²) in [4.78, 5) is 24.6. The Labute approximate surface area is 151 Å². The van der Waals surface area contributed by atoms with Crippen LogP contribution in [-0.4, -0.2) is 36.0 Å². The van der Waals surface area contributed by atoms with Crippen molar-refractivity contribution in [3.05, 3.63) is 42.2 Å². The molecule has 3 rings (SSSR count). The number of carbonyl (C=O) groups excluding carboxylic acids is 1. The van der Waals surface area contributed by atoms with Gasteiger partial charge in [0.1, 0.15) is 16.5 Å². The Bertz CT molecular complexity index is 876. The van der Waals surface area contributed by atoms with E-state index in [4.69, 9.17) is 0 Å². The van der Waals surface area contributed by atoms with Gasteiger partial charge in [-0.25, -0.2) is 9.97 Å². The maximum absolute atomic E-state index is 11.0. The van der Waals surface area contributed by atoms with Gasteiger partial charge in [-0.05, 0) is 25.0 Å². The van der Waals surface area contributed by atoms with E-state index in [2.05, 4.69) is 38.4 Å². The summed E-state index contributed by atoms with van der Waals surface area (Å²) < 4.78 is 0. The molecule has 130 valence electrons. The highest BCUT2D eigenvalue weighted by Gasteiger charge is 2.14. The standard InChI is InChI=1S/C19H22N4OS/c1-13-21-18(23(3)11-7-10-20-14(2)24)16-12-17(25-19(16)22-13)15-8-5-4-6-9-15/h4-6,8-9,12H,7,10-11H2,1-3H3,(H,20,24). The first-order chi connectivity index (χ1) is 12.0. The third-order valence-corrected chi connectivity index (χ3v) is 5.03. The molecule has 0 aliphatic heterocycles. The third kappa shape index (κ3) is 4.14. The number of thiophene rings is 1. The predicted molar refractivity (Wildman–Crippen MR) is 104 cm³/mol. The highest BCUT2D eigenvalue weighted by Crippen LogP contribution is 2.36. The van der Waals surface area contributed by atoms with Gasteiger partial charge in [0.05, 0.1) is 5.39 Å². The lowest BCUT2D eigenvalue weighted by molar-refractivity contribution is -0.118. The van der Waals surface area contributed by atoms with E-state index in [0.29, 0.717) is 6.54 Å². The highest BCUT2D eigenvalue weighted by atomic mass is 32.1. The van der Waals surface area contributed by atoms with Crippen LogP contribution in [0.5, 0.6) is 0 Å².